The van der Waals surface area contributed by atoms with E-state index in [-0.39, 0.29) is 10.8 Å². The quantitative estimate of drug-likeness (QED) is 0.911. The molecule has 25 heavy (non-hydrogen) atoms. The van der Waals surface area contributed by atoms with E-state index in [1.54, 1.807) is 24.3 Å². The zero-order valence-electron chi connectivity index (χ0n) is 13.8. The number of fused-ring (bicyclic) bond motifs is 1. The van der Waals surface area contributed by atoms with Crippen LogP contribution in [-0.4, -0.2) is 37.3 Å². The van der Waals surface area contributed by atoms with E-state index in [0.717, 1.165) is 13.1 Å². The number of nitrogens with one attached hydrogen (secondary N) is 1. The molecule has 130 valence electrons. The lowest BCUT2D eigenvalue weighted by Crippen LogP contribution is -2.31. The second-order valence-electron chi connectivity index (χ2n) is 7.11. The standard InChI is InChI=1S/C18H19N3O3S/c1-18-10-14(18)11-21(12-18)17(22)13-2-4-16(5-3-13)25(23,24)20-15-6-8-19-9-7-15/h2-9,14H,10-12H2,1H3,(H,19,20)/t14-,18+/m0/s1. The number of carbonyl (C=O) groups is 1. The van der Waals surface area contributed by atoms with E-state index in [4.69, 9.17) is 0 Å². The van der Waals surface area contributed by atoms with Gasteiger partial charge in [0.25, 0.3) is 15.9 Å². The fraction of sp³-hybridized carbons (Fsp3) is 0.333. The number of amides is 1. The number of benzene rings is 1. The van der Waals surface area contributed by atoms with Crippen LogP contribution in [0.1, 0.15) is 23.7 Å². The number of likely N-dealkylation sites (tertiary alicyclic amines) is 1. The number of piperidine rings is 1. The van der Waals surface area contributed by atoms with Crippen molar-refractivity contribution < 1.29 is 13.2 Å². The number of anilines is 1. The van der Waals surface area contributed by atoms with Gasteiger partial charge >= 0.3 is 0 Å². The van der Waals surface area contributed by atoms with Crippen LogP contribution in [0.5, 0.6) is 0 Å². The average molecular weight is 357 g/mol. The summed E-state index contributed by atoms with van der Waals surface area (Å²) in [6, 6.07) is 9.25. The normalized spacial score (nSPS) is 24.7. The highest BCUT2D eigenvalue weighted by Crippen LogP contribution is 2.57. The Bertz CT molecular complexity index is 912. The second kappa shape index (κ2) is 5.56. The summed E-state index contributed by atoms with van der Waals surface area (Å²) in [5.41, 5.74) is 1.26. The van der Waals surface area contributed by atoms with Gasteiger partial charge in [0.15, 0.2) is 0 Å². The molecule has 7 heteroatoms. The second-order valence-corrected chi connectivity index (χ2v) is 8.79. The van der Waals surface area contributed by atoms with Crippen molar-refractivity contribution in [3.8, 4) is 0 Å². The number of sulfonamides is 1. The van der Waals surface area contributed by atoms with Gasteiger partial charge in [0.1, 0.15) is 0 Å². The number of hydrogen-bond donors (Lipinski definition) is 1. The van der Waals surface area contributed by atoms with Gasteiger partial charge in [-0.25, -0.2) is 8.42 Å². The van der Waals surface area contributed by atoms with Crippen LogP contribution in [0.2, 0.25) is 0 Å². The smallest absolute Gasteiger partial charge is 0.261 e. The average Bonchev–Trinajstić information content (AvgIpc) is 3.11. The molecule has 4 rings (SSSR count). The fourth-order valence-corrected chi connectivity index (χ4v) is 4.56. The van der Waals surface area contributed by atoms with Crippen molar-refractivity contribution in [1.82, 2.24) is 9.88 Å². The van der Waals surface area contributed by atoms with Crippen LogP contribution >= 0.6 is 0 Å². The minimum Gasteiger partial charge on any atom is -0.338 e. The number of aromatic nitrogens is 1. The highest BCUT2D eigenvalue weighted by molar-refractivity contribution is 7.92. The Hall–Kier alpha value is -2.41. The Labute approximate surface area is 146 Å². The molecule has 1 aromatic carbocycles. The van der Waals surface area contributed by atoms with E-state index >= 15 is 0 Å². The molecule has 2 heterocycles. The van der Waals surface area contributed by atoms with Crippen LogP contribution in [0.25, 0.3) is 0 Å². The van der Waals surface area contributed by atoms with Crippen molar-refractivity contribution >= 4 is 21.6 Å². The van der Waals surface area contributed by atoms with E-state index in [9.17, 15) is 13.2 Å². The Morgan fingerprint density at radius 3 is 2.48 bits per heavy atom. The van der Waals surface area contributed by atoms with Gasteiger partial charge in [-0.15, -0.1) is 0 Å². The molecule has 2 aromatic rings. The first-order chi connectivity index (χ1) is 11.9. The van der Waals surface area contributed by atoms with Crippen molar-refractivity contribution in [2.24, 2.45) is 11.3 Å². The van der Waals surface area contributed by atoms with E-state index in [1.165, 1.54) is 30.9 Å². The largest absolute Gasteiger partial charge is 0.338 e. The molecular weight excluding hydrogens is 338 g/mol. The highest BCUT2D eigenvalue weighted by Gasteiger charge is 2.57. The predicted molar refractivity (Wildman–Crippen MR) is 93.6 cm³/mol. The highest BCUT2D eigenvalue weighted by atomic mass is 32.2. The fourth-order valence-electron chi connectivity index (χ4n) is 3.50. The molecule has 1 aliphatic carbocycles. The Kier molecular flexibility index (Phi) is 3.57. The van der Waals surface area contributed by atoms with Gasteiger partial charge in [0.05, 0.1) is 10.6 Å². The Morgan fingerprint density at radius 1 is 1.20 bits per heavy atom. The summed E-state index contributed by atoms with van der Waals surface area (Å²) in [4.78, 5) is 18.4. The van der Waals surface area contributed by atoms with Gasteiger partial charge in [-0.3, -0.25) is 14.5 Å². The molecule has 0 bridgehead atoms. The maximum absolute atomic E-state index is 12.6. The number of pyridine rings is 1. The monoisotopic (exact) mass is 357 g/mol. The molecule has 1 amide bonds. The van der Waals surface area contributed by atoms with E-state index in [2.05, 4.69) is 16.6 Å². The van der Waals surface area contributed by atoms with Crippen LogP contribution in [0.3, 0.4) is 0 Å². The van der Waals surface area contributed by atoms with Crippen molar-refractivity contribution in [2.45, 2.75) is 18.2 Å². The van der Waals surface area contributed by atoms with Crippen molar-refractivity contribution in [2.75, 3.05) is 17.8 Å². The van der Waals surface area contributed by atoms with Crippen LogP contribution in [0.15, 0.2) is 53.7 Å². The summed E-state index contributed by atoms with van der Waals surface area (Å²) < 4.78 is 27.3. The topological polar surface area (TPSA) is 79.4 Å². The van der Waals surface area contributed by atoms with Crippen LogP contribution in [0.4, 0.5) is 5.69 Å². The molecule has 1 aromatic heterocycles. The summed E-state index contributed by atoms with van der Waals surface area (Å²) in [7, 11) is -3.69. The summed E-state index contributed by atoms with van der Waals surface area (Å²) >= 11 is 0. The molecule has 2 aliphatic rings. The SMILES string of the molecule is C[C@]12C[C@H]1CN(C(=O)c1ccc(S(=O)(=O)Nc3ccncc3)cc1)C2. The van der Waals surface area contributed by atoms with Gasteiger partial charge in [-0.1, -0.05) is 6.92 Å². The number of rotatable bonds is 4. The number of carbonyl (C=O) groups excluding carboxylic acids is 1. The third kappa shape index (κ3) is 3.00. The lowest BCUT2D eigenvalue weighted by molar-refractivity contribution is 0.0766. The summed E-state index contributed by atoms with van der Waals surface area (Å²) in [6.07, 6.45) is 4.23. The van der Waals surface area contributed by atoms with Crippen LogP contribution in [-0.2, 0) is 10.0 Å². The molecule has 1 aliphatic heterocycles. The van der Waals surface area contributed by atoms with Crippen molar-refractivity contribution in [3.63, 3.8) is 0 Å². The first-order valence-electron chi connectivity index (χ1n) is 8.20. The van der Waals surface area contributed by atoms with Gasteiger partial charge in [-0.05, 0) is 54.2 Å². The van der Waals surface area contributed by atoms with E-state index in [0.29, 0.717) is 22.6 Å². The minimum atomic E-state index is -3.69. The zero-order valence-corrected chi connectivity index (χ0v) is 14.7. The summed E-state index contributed by atoms with van der Waals surface area (Å²) in [5, 5.41) is 0. The lowest BCUT2D eigenvalue weighted by atomic mass is 10.1. The van der Waals surface area contributed by atoms with Gasteiger partial charge in [-0.2, -0.15) is 0 Å². The molecule has 6 nitrogen and oxygen atoms in total. The van der Waals surface area contributed by atoms with Crippen molar-refractivity contribution in [1.29, 1.82) is 0 Å². The number of nitrogens with zero attached hydrogens (tertiary/aromatic N) is 2. The first kappa shape index (κ1) is 16.1. The van der Waals surface area contributed by atoms with E-state index in [1.807, 2.05) is 4.90 Å². The van der Waals surface area contributed by atoms with Crippen LogP contribution in [0, 0.1) is 11.3 Å². The molecule has 1 saturated heterocycles. The Morgan fingerprint density at radius 2 is 1.88 bits per heavy atom. The molecule has 2 atom stereocenters. The number of hydrogen-bond acceptors (Lipinski definition) is 4. The molecular formula is C18H19N3O3S. The predicted octanol–water partition coefficient (Wildman–Crippen LogP) is 2.36. The maximum Gasteiger partial charge on any atom is 0.261 e. The van der Waals surface area contributed by atoms with Gasteiger partial charge < -0.3 is 4.90 Å². The molecule has 0 unspecified atom stereocenters. The van der Waals surface area contributed by atoms with Crippen LogP contribution < -0.4 is 4.72 Å². The van der Waals surface area contributed by atoms with Gasteiger partial charge in [0.2, 0.25) is 0 Å². The first-order valence-corrected chi connectivity index (χ1v) is 9.68. The Balaban J connectivity index is 1.49. The zero-order chi connectivity index (χ0) is 17.7. The minimum absolute atomic E-state index is 0.0283. The van der Waals surface area contributed by atoms with E-state index < -0.39 is 10.0 Å². The van der Waals surface area contributed by atoms with Gasteiger partial charge in [0, 0.05) is 31.0 Å². The summed E-state index contributed by atoms with van der Waals surface area (Å²) in [5.74, 6) is 0.597. The lowest BCUT2D eigenvalue weighted by Gasteiger charge is -2.19. The molecule has 1 saturated carbocycles. The summed E-state index contributed by atoms with van der Waals surface area (Å²) in [6.45, 7) is 3.81. The molecule has 2 fully saturated rings. The third-order valence-electron chi connectivity index (χ3n) is 5.16. The third-order valence-corrected chi connectivity index (χ3v) is 6.56. The molecule has 1 N–H and O–H groups in total. The maximum atomic E-state index is 12.6. The van der Waals surface area contributed by atoms with Crippen molar-refractivity contribution in [3.05, 3.63) is 54.4 Å². The molecule has 0 radical (unpaired) electrons. The molecule has 0 spiro atoms.